The van der Waals surface area contributed by atoms with Gasteiger partial charge in [-0.15, -0.1) is 0 Å². The predicted molar refractivity (Wildman–Crippen MR) is 90.4 cm³/mol. The van der Waals surface area contributed by atoms with Gasteiger partial charge in [0.2, 0.25) is 5.88 Å². The topological polar surface area (TPSA) is 64.3 Å². The van der Waals surface area contributed by atoms with E-state index >= 15 is 0 Å². The Balaban J connectivity index is 1.53. The fraction of sp³-hybridized carbons (Fsp3) is 0.556. The van der Waals surface area contributed by atoms with E-state index in [2.05, 4.69) is 14.9 Å². The van der Waals surface area contributed by atoms with Gasteiger partial charge in [0, 0.05) is 37.3 Å². The molecule has 2 aromatic heterocycles. The maximum atomic E-state index is 14.3. The third kappa shape index (κ3) is 2.74. The van der Waals surface area contributed by atoms with Crippen molar-refractivity contribution in [1.82, 2.24) is 14.9 Å². The molecule has 2 aromatic rings. The van der Waals surface area contributed by atoms with Gasteiger partial charge in [-0.3, -0.25) is 4.98 Å². The van der Waals surface area contributed by atoms with Gasteiger partial charge >= 0.3 is 0 Å². The quantitative estimate of drug-likeness (QED) is 0.929. The van der Waals surface area contributed by atoms with E-state index in [0.717, 1.165) is 32.0 Å². The molecule has 3 heterocycles. The number of hydrogen-bond acceptors (Lipinski definition) is 5. The van der Waals surface area contributed by atoms with Crippen molar-refractivity contribution in [2.75, 3.05) is 26.7 Å². The number of pyridine rings is 2. The van der Waals surface area contributed by atoms with E-state index in [-0.39, 0.29) is 5.82 Å². The molecular formula is C18H23FN4O. The van der Waals surface area contributed by atoms with Crippen LogP contribution in [0.4, 0.5) is 4.39 Å². The molecule has 6 heteroatoms. The molecule has 1 saturated heterocycles. The molecule has 128 valence electrons. The van der Waals surface area contributed by atoms with E-state index < -0.39 is 0 Å². The van der Waals surface area contributed by atoms with Gasteiger partial charge in [-0.2, -0.15) is 0 Å². The Morgan fingerprint density at radius 2 is 2.21 bits per heavy atom. The average molecular weight is 330 g/mol. The van der Waals surface area contributed by atoms with Crippen molar-refractivity contribution < 1.29 is 9.13 Å². The number of nitrogens with zero attached hydrogens (tertiary/aromatic N) is 3. The second kappa shape index (κ2) is 6.26. The maximum absolute atomic E-state index is 14.3. The predicted octanol–water partition coefficient (Wildman–Crippen LogP) is 1.99. The normalized spacial score (nSPS) is 26.9. The molecule has 5 nitrogen and oxygen atoms in total. The molecule has 1 saturated carbocycles. The van der Waals surface area contributed by atoms with E-state index in [4.69, 9.17) is 10.5 Å². The zero-order chi connectivity index (χ0) is 16.7. The van der Waals surface area contributed by atoms with Crippen molar-refractivity contribution in [2.45, 2.75) is 25.3 Å². The summed E-state index contributed by atoms with van der Waals surface area (Å²) in [7, 11) is 1.56. The van der Waals surface area contributed by atoms with Crippen molar-refractivity contribution in [2.24, 2.45) is 17.6 Å². The van der Waals surface area contributed by atoms with Crippen LogP contribution in [-0.4, -0.2) is 47.7 Å². The Morgan fingerprint density at radius 3 is 3.00 bits per heavy atom. The minimum Gasteiger partial charge on any atom is -0.481 e. The first-order chi connectivity index (χ1) is 11.7. The molecule has 2 fully saturated rings. The number of halogens is 1. The Morgan fingerprint density at radius 1 is 1.33 bits per heavy atom. The van der Waals surface area contributed by atoms with Crippen LogP contribution in [0.1, 0.15) is 18.4 Å². The van der Waals surface area contributed by atoms with E-state index in [0.29, 0.717) is 40.9 Å². The number of ether oxygens (including phenoxy) is 1. The maximum Gasteiger partial charge on any atom is 0.213 e. The van der Waals surface area contributed by atoms with Crippen LogP contribution in [0.25, 0.3) is 11.0 Å². The molecule has 0 aromatic carbocycles. The number of aromatic nitrogens is 2. The molecule has 2 aliphatic rings. The van der Waals surface area contributed by atoms with Crippen molar-refractivity contribution in [3.63, 3.8) is 0 Å². The molecule has 0 spiro atoms. The highest BCUT2D eigenvalue weighted by molar-refractivity contribution is 5.78. The number of fused-ring (bicyclic) bond motifs is 2. The van der Waals surface area contributed by atoms with Crippen LogP contribution in [0.2, 0.25) is 0 Å². The van der Waals surface area contributed by atoms with Crippen molar-refractivity contribution in [3.05, 3.63) is 29.7 Å². The first kappa shape index (κ1) is 15.7. The summed E-state index contributed by atoms with van der Waals surface area (Å²) in [6, 6.07) is 3.91. The smallest absolute Gasteiger partial charge is 0.213 e. The Labute approximate surface area is 141 Å². The fourth-order valence-corrected chi connectivity index (χ4v) is 4.28. The summed E-state index contributed by atoms with van der Waals surface area (Å²) >= 11 is 0. The largest absolute Gasteiger partial charge is 0.481 e. The molecule has 0 bridgehead atoms. The summed E-state index contributed by atoms with van der Waals surface area (Å²) in [5.74, 6) is 1.52. The van der Waals surface area contributed by atoms with Gasteiger partial charge in [0.25, 0.3) is 0 Å². The second-order valence-electron chi connectivity index (χ2n) is 6.98. The fourth-order valence-electron chi connectivity index (χ4n) is 4.28. The van der Waals surface area contributed by atoms with Gasteiger partial charge in [-0.1, -0.05) is 0 Å². The number of rotatable bonds is 4. The zero-order valence-electron chi connectivity index (χ0n) is 13.9. The minimum absolute atomic E-state index is 0.292. The standard InChI is InChI=1S/C18H23FN4O/c1-24-17-5-4-16-18(22-17)12(14(19)8-21-16)6-7-23-9-11-2-3-15(20)13(11)10-23/h4-5,8,11,13,15H,2-3,6-7,9-10,20H2,1H3/t11-,13-,15?/m0/s1. The van der Waals surface area contributed by atoms with Crippen LogP contribution in [-0.2, 0) is 6.42 Å². The SMILES string of the molecule is COc1ccc2ncc(F)c(CCN3C[C@@H]4CCC(N)[C@H]4C3)c2n1. The monoisotopic (exact) mass is 330 g/mol. The summed E-state index contributed by atoms with van der Waals surface area (Å²) in [6.07, 6.45) is 4.30. The van der Waals surface area contributed by atoms with Crippen LogP contribution in [0, 0.1) is 17.7 Å². The van der Waals surface area contributed by atoms with Gasteiger partial charge in [0.05, 0.1) is 24.3 Å². The van der Waals surface area contributed by atoms with Crippen molar-refractivity contribution in [3.8, 4) is 5.88 Å². The summed E-state index contributed by atoms with van der Waals surface area (Å²) in [5, 5.41) is 0. The highest BCUT2D eigenvalue weighted by Gasteiger charge is 2.40. The number of hydrogen-bond donors (Lipinski definition) is 1. The van der Waals surface area contributed by atoms with E-state index in [9.17, 15) is 4.39 Å². The first-order valence-electron chi connectivity index (χ1n) is 8.61. The third-order valence-corrected chi connectivity index (χ3v) is 5.61. The van der Waals surface area contributed by atoms with Crippen LogP contribution in [0.15, 0.2) is 18.3 Å². The molecule has 1 aliphatic heterocycles. The van der Waals surface area contributed by atoms with Crippen LogP contribution >= 0.6 is 0 Å². The van der Waals surface area contributed by atoms with E-state index in [1.54, 1.807) is 13.2 Å². The second-order valence-corrected chi connectivity index (χ2v) is 6.98. The third-order valence-electron chi connectivity index (χ3n) is 5.61. The Kier molecular flexibility index (Phi) is 4.10. The van der Waals surface area contributed by atoms with Crippen LogP contribution in [0.3, 0.4) is 0 Å². The van der Waals surface area contributed by atoms with Crippen LogP contribution in [0.5, 0.6) is 5.88 Å². The molecule has 4 rings (SSSR count). The number of nitrogens with two attached hydrogens (primary N) is 1. The molecular weight excluding hydrogens is 307 g/mol. The molecule has 1 aliphatic carbocycles. The summed E-state index contributed by atoms with van der Waals surface area (Å²) in [5.41, 5.74) is 8.13. The average Bonchev–Trinajstić information content (AvgIpc) is 3.15. The molecule has 1 unspecified atom stereocenters. The van der Waals surface area contributed by atoms with Crippen molar-refractivity contribution >= 4 is 11.0 Å². The van der Waals surface area contributed by atoms with Crippen molar-refractivity contribution in [1.29, 1.82) is 0 Å². The Hall–Kier alpha value is -1.79. The van der Waals surface area contributed by atoms with E-state index in [1.807, 2.05) is 6.07 Å². The first-order valence-corrected chi connectivity index (χ1v) is 8.61. The van der Waals surface area contributed by atoms with Gasteiger partial charge in [-0.05, 0) is 37.2 Å². The summed E-state index contributed by atoms with van der Waals surface area (Å²) in [6.45, 7) is 2.95. The molecule has 24 heavy (non-hydrogen) atoms. The van der Waals surface area contributed by atoms with Gasteiger partial charge < -0.3 is 15.4 Å². The van der Waals surface area contributed by atoms with E-state index in [1.165, 1.54) is 12.6 Å². The lowest BCUT2D eigenvalue weighted by Crippen LogP contribution is -2.31. The molecule has 0 amide bonds. The lowest BCUT2D eigenvalue weighted by atomic mass is 9.98. The number of methoxy groups -OCH3 is 1. The van der Waals surface area contributed by atoms with Gasteiger partial charge in [0.1, 0.15) is 5.82 Å². The molecule has 3 atom stereocenters. The number of likely N-dealkylation sites (tertiary alicyclic amines) is 1. The lowest BCUT2D eigenvalue weighted by molar-refractivity contribution is 0.308. The van der Waals surface area contributed by atoms with Gasteiger partial charge in [0.15, 0.2) is 0 Å². The van der Waals surface area contributed by atoms with Crippen LogP contribution < -0.4 is 10.5 Å². The summed E-state index contributed by atoms with van der Waals surface area (Å²) in [4.78, 5) is 11.0. The summed E-state index contributed by atoms with van der Waals surface area (Å²) < 4.78 is 19.5. The lowest BCUT2D eigenvalue weighted by Gasteiger charge is -2.18. The Bertz CT molecular complexity index is 753. The van der Waals surface area contributed by atoms with Gasteiger partial charge in [-0.25, -0.2) is 9.37 Å². The highest BCUT2D eigenvalue weighted by Crippen LogP contribution is 2.37. The zero-order valence-corrected chi connectivity index (χ0v) is 13.9. The highest BCUT2D eigenvalue weighted by atomic mass is 19.1. The molecule has 0 radical (unpaired) electrons. The molecule has 2 N–H and O–H groups in total. The minimum atomic E-state index is -0.292.